The van der Waals surface area contributed by atoms with Crippen LogP contribution in [0.1, 0.15) is 40.5 Å². The van der Waals surface area contributed by atoms with Crippen LogP contribution in [-0.4, -0.2) is 23.0 Å². The standard InChI is InChI=1S/C24H24N2O2S/c1-15-7-8-19-18(13-22(27)28-23(19)16(15)2)14-26-11-9-17(10-12-26)24-25-20-5-3-4-6-21(20)29-24/h3-8,13,17H,9-12,14H2,1-2H3. The zero-order valence-corrected chi connectivity index (χ0v) is 17.6. The van der Waals surface area contributed by atoms with Crippen molar-refractivity contribution < 1.29 is 4.42 Å². The highest BCUT2D eigenvalue weighted by Crippen LogP contribution is 2.34. The first-order chi connectivity index (χ1) is 14.1. The summed E-state index contributed by atoms with van der Waals surface area (Å²) in [5.74, 6) is 0.533. The Kier molecular flexibility index (Phi) is 4.72. The highest BCUT2D eigenvalue weighted by molar-refractivity contribution is 7.18. The molecular weight excluding hydrogens is 380 g/mol. The van der Waals surface area contributed by atoms with E-state index in [-0.39, 0.29) is 5.63 Å². The van der Waals surface area contributed by atoms with Gasteiger partial charge < -0.3 is 4.42 Å². The number of aromatic nitrogens is 1. The average molecular weight is 405 g/mol. The summed E-state index contributed by atoms with van der Waals surface area (Å²) in [5.41, 5.74) is 4.86. The number of benzene rings is 2. The van der Waals surface area contributed by atoms with Crippen molar-refractivity contribution in [2.24, 2.45) is 0 Å². The Labute approximate surface area is 173 Å². The van der Waals surface area contributed by atoms with Gasteiger partial charge in [0.15, 0.2) is 0 Å². The molecule has 4 aromatic rings. The molecule has 1 aliphatic rings. The molecule has 4 nitrogen and oxygen atoms in total. The minimum atomic E-state index is -0.259. The number of thiazole rings is 1. The Balaban J connectivity index is 1.34. The number of para-hydroxylation sites is 1. The Bertz CT molecular complexity index is 1220. The molecule has 1 fully saturated rings. The van der Waals surface area contributed by atoms with Crippen LogP contribution < -0.4 is 5.63 Å². The van der Waals surface area contributed by atoms with Gasteiger partial charge in [0, 0.05) is 23.9 Å². The van der Waals surface area contributed by atoms with Crippen molar-refractivity contribution in [3.05, 3.63) is 74.6 Å². The summed E-state index contributed by atoms with van der Waals surface area (Å²) in [4.78, 5) is 19.5. The molecule has 0 amide bonds. The molecule has 0 spiro atoms. The van der Waals surface area contributed by atoms with Crippen LogP contribution in [-0.2, 0) is 6.54 Å². The summed E-state index contributed by atoms with van der Waals surface area (Å²) >= 11 is 1.83. The van der Waals surface area contributed by atoms with Gasteiger partial charge in [0.05, 0.1) is 15.2 Å². The molecule has 5 heteroatoms. The molecule has 0 saturated carbocycles. The Morgan fingerprint density at radius 2 is 1.93 bits per heavy atom. The van der Waals surface area contributed by atoms with Gasteiger partial charge in [-0.2, -0.15) is 0 Å². The molecule has 0 radical (unpaired) electrons. The maximum atomic E-state index is 12.1. The lowest BCUT2D eigenvalue weighted by Crippen LogP contribution is -2.32. The number of hydrogen-bond donors (Lipinski definition) is 0. The lowest BCUT2D eigenvalue weighted by atomic mass is 9.96. The molecule has 0 atom stereocenters. The van der Waals surface area contributed by atoms with Crippen molar-refractivity contribution in [2.45, 2.75) is 39.2 Å². The van der Waals surface area contributed by atoms with Crippen LogP contribution in [0.3, 0.4) is 0 Å². The predicted molar refractivity (Wildman–Crippen MR) is 119 cm³/mol. The smallest absolute Gasteiger partial charge is 0.336 e. The highest BCUT2D eigenvalue weighted by Gasteiger charge is 2.24. The number of nitrogens with zero attached hydrogens (tertiary/aromatic N) is 2. The molecule has 2 aromatic carbocycles. The fourth-order valence-corrected chi connectivity index (χ4v) is 5.44. The van der Waals surface area contributed by atoms with Crippen LogP contribution in [0.2, 0.25) is 0 Å². The minimum Gasteiger partial charge on any atom is -0.422 e. The summed E-state index contributed by atoms with van der Waals surface area (Å²) in [7, 11) is 0. The monoisotopic (exact) mass is 404 g/mol. The quantitative estimate of drug-likeness (QED) is 0.429. The summed E-state index contributed by atoms with van der Waals surface area (Å²) in [5, 5.41) is 2.32. The largest absolute Gasteiger partial charge is 0.422 e. The van der Waals surface area contributed by atoms with E-state index in [9.17, 15) is 4.79 Å². The van der Waals surface area contributed by atoms with E-state index in [1.807, 2.05) is 25.2 Å². The average Bonchev–Trinajstić information content (AvgIpc) is 3.16. The van der Waals surface area contributed by atoms with Crippen molar-refractivity contribution in [3.63, 3.8) is 0 Å². The Hall–Kier alpha value is -2.50. The molecule has 29 heavy (non-hydrogen) atoms. The summed E-state index contributed by atoms with van der Waals surface area (Å²) in [6.07, 6.45) is 2.22. The molecule has 0 N–H and O–H groups in total. The zero-order valence-electron chi connectivity index (χ0n) is 16.8. The molecule has 0 aliphatic carbocycles. The van der Waals surface area contributed by atoms with E-state index in [1.165, 1.54) is 9.71 Å². The molecule has 148 valence electrons. The second kappa shape index (κ2) is 7.39. The third-order valence-electron chi connectivity index (χ3n) is 6.16. The Morgan fingerprint density at radius 1 is 1.14 bits per heavy atom. The third-order valence-corrected chi connectivity index (χ3v) is 7.36. The van der Waals surface area contributed by atoms with Gasteiger partial charge in [-0.15, -0.1) is 11.3 Å². The number of hydrogen-bond acceptors (Lipinski definition) is 5. The lowest BCUT2D eigenvalue weighted by Gasteiger charge is -2.31. The summed E-state index contributed by atoms with van der Waals surface area (Å²) < 4.78 is 6.80. The number of fused-ring (bicyclic) bond motifs is 2. The van der Waals surface area contributed by atoms with Crippen molar-refractivity contribution in [2.75, 3.05) is 13.1 Å². The normalized spacial score (nSPS) is 16.1. The van der Waals surface area contributed by atoms with Gasteiger partial charge in [0.1, 0.15) is 5.58 Å². The van der Waals surface area contributed by atoms with Crippen molar-refractivity contribution in [1.29, 1.82) is 0 Å². The molecule has 5 rings (SSSR count). The predicted octanol–water partition coefficient (Wildman–Crippen LogP) is 5.40. The molecule has 1 aliphatic heterocycles. The maximum absolute atomic E-state index is 12.1. The molecule has 3 heterocycles. The van der Waals surface area contributed by atoms with Crippen molar-refractivity contribution in [1.82, 2.24) is 9.88 Å². The molecule has 0 bridgehead atoms. The number of likely N-dealkylation sites (tertiary alicyclic amines) is 1. The number of piperidine rings is 1. The van der Waals surface area contributed by atoms with Gasteiger partial charge >= 0.3 is 5.63 Å². The highest BCUT2D eigenvalue weighted by atomic mass is 32.1. The first-order valence-corrected chi connectivity index (χ1v) is 11.0. The van der Waals surface area contributed by atoms with Crippen molar-refractivity contribution >= 4 is 32.5 Å². The fraction of sp³-hybridized carbons (Fsp3) is 0.333. The second-order valence-electron chi connectivity index (χ2n) is 8.05. The second-order valence-corrected chi connectivity index (χ2v) is 9.11. The van der Waals surface area contributed by atoms with E-state index in [0.29, 0.717) is 5.92 Å². The first kappa shape index (κ1) is 18.5. The fourth-order valence-electron chi connectivity index (χ4n) is 4.30. The van der Waals surface area contributed by atoms with Crippen molar-refractivity contribution in [3.8, 4) is 0 Å². The molecule has 0 unspecified atom stereocenters. The summed E-state index contributed by atoms with van der Waals surface area (Å²) in [6, 6.07) is 14.2. The van der Waals surface area contributed by atoms with Gasteiger partial charge in [-0.05, 0) is 68.6 Å². The SMILES string of the molecule is Cc1ccc2c(CN3CCC(c4nc5ccccc5s4)CC3)cc(=O)oc2c1C. The van der Waals surface area contributed by atoms with Crippen LogP contribution in [0.15, 0.2) is 51.7 Å². The van der Waals surface area contributed by atoms with Crippen LogP contribution in [0.4, 0.5) is 0 Å². The maximum Gasteiger partial charge on any atom is 0.336 e. The van der Waals surface area contributed by atoms with E-state index in [0.717, 1.165) is 65.7 Å². The van der Waals surface area contributed by atoms with Gasteiger partial charge in [-0.1, -0.05) is 24.3 Å². The van der Waals surface area contributed by atoms with E-state index < -0.39 is 0 Å². The minimum absolute atomic E-state index is 0.259. The van der Waals surface area contributed by atoms with Crippen LogP contribution >= 0.6 is 11.3 Å². The molecular formula is C24H24N2O2S. The van der Waals surface area contributed by atoms with Gasteiger partial charge in [-0.25, -0.2) is 9.78 Å². The van der Waals surface area contributed by atoms with E-state index in [2.05, 4.69) is 41.3 Å². The zero-order chi connectivity index (χ0) is 20.0. The van der Waals surface area contributed by atoms with E-state index in [4.69, 9.17) is 9.40 Å². The van der Waals surface area contributed by atoms with Crippen LogP contribution in [0.5, 0.6) is 0 Å². The van der Waals surface area contributed by atoms with Crippen LogP contribution in [0, 0.1) is 13.8 Å². The lowest BCUT2D eigenvalue weighted by molar-refractivity contribution is 0.205. The van der Waals surface area contributed by atoms with Gasteiger partial charge in [0.25, 0.3) is 0 Å². The van der Waals surface area contributed by atoms with Gasteiger partial charge in [0.2, 0.25) is 0 Å². The molecule has 1 saturated heterocycles. The topological polar surface area (TPSA) is 46.3 Å². The van der Waals surface area contributed by atoms with E-state index in [1.54, 1.807) is 6.07 Å². The van der Waals surface area contributed by atoms with Gasteiger partial charge in [-0.3, -0.25) is 4.90 Å². The van der Waals surface area contributed by atoms with Crippen LogP contribution in [0.25, 0.3) is 21.2 Å². The van der Waals surface area contributed by atoms with E-state index >= 15 is 0 Å². The third kappa shape index (κ3) is 3.49. The Morgan fingerprint density at radius 3 is 2.72 bits per heavy atom. The number of aryl methyl sites for hydroxylation is 2. The number of rotatable bonds is 3. The first-order valence-electron chi connectivity index (χ1n) is 10.2. The molecule has 2 aromatic heterocycles. The summed E-state index contributed by atoms with van der Waals surface area (Å²) in [6.45, 7) is 6.90.